The van der Waals surface area contributed by atoms with Gasteiger partial charge in [-0.05, 0) is 30.3 Å². The molecule has 4 rings (SSSR count). The zero-order chi connectivity index (χ0) is 21.1. The summed E-state index contributed by atoms with van der Waals surface area (Å²) in [4.78, 5) is 9.30. The van der Waals surface area contributed by atoms with Gasteiger partial charge in [0, 0.05) is 27.2 Å². The van der Waals surface area contributed by atoms with Crippen molar-refractivity contribution in [3.63, 3.8) is 0 Å². The fourth-order valence-electron chi connectivity index (χ4n) is 2.68. The summed E-state index contributed by atoms with van der Waals surface area (Å²) in [5, 5.41) is 35.8. The summed E-state index contributed by atoms with van der Waals surface area (Å²) in [6.07, 6.45) is 4.71. The highest BCUT2D eigenvalue weighted by molar-refractivity contribution is 9.10. The third-order valence-electron chi connectivity index (χ3n) is 4.18. The molecule has 0 unspecified atom stereocenters. The van der Waals surface area contributed by atoms with Crippen molar-refractivity contribution in [3.05, 3.63) is 81.1 Å². The Morgan fingerprint density at radius 3 is 2.60 bits per heavy atom. The summed E-state index contributed by atoms with van der Waals surface area (Å²) in [5.74, 6) is -1.46. The first kappa shape index (κ1) is 19.9. The van der Waals surface area contributed by atoms with Crippen molar-refractivity contribution >= 4 is 39.2 Å². The number of phenols is 3. The van der Waals surface area contributed by atoms with Gasteiger partial charge >= 0.3 is 0 Å². The second-order valence-corrected chi connectivity index (χ2v) is 7.82. The van der Waals surface area contributed by atoms with E-state index < -0.39 is 17.2 Å². The van der Waals surface area contributed by atoms with E-state index in [-0.39, 0.29) is 5.56 Å². The molecule has 0 saturated carbocycles. The maximum Gasteiger partial charge on any atom is 0.211 e. The molecule has 0 aliphatic heterocycles. The number of hydrogen-bond donors (Lipinski definition) is 3. The highest BCUT2D eigenvalue weighted by atomic mass is 79.9. The number of phenolic OH excluding ortho intramolecular Hbond substituents is 3. The number of pyridine rings is 1. The first-order valence-corrected chi connectivity index (χ1v) is 10.4. The van der Waals surface area contributed by atoms with E-state index in [1.165, 1.54) is 29.7 Å². The van der Waals surface area contributed by atoms with E-state index in [0.717, 1.165) is 15.7 Å². The minimum Gasteiger partial charge on any atom is -0.504 e. The number of aromatic hydroxyl groups is 3. The zero-order valence-corrected chi connectivity index (χ0v) is 17.7. The van der Waals surface area contributed by atoms with Crippen molar-refractivity contribution in [1.29, 1.82) is 0 Å². The molecule has 9 heteroatoms. The third kappa shape index (κ3) is 3.98. The van der Waals surface area contributed by atoms with Gasteiger partial charge in [0.15, 0.2) is 11.5 Å². The lowest BCUT2D eigenvalue weighted by atomic mass is 10.2. The van der Waals surface area contributed by atoms with Gasteiger partial charge in [-0.2, -0.15) is 5.10 Å². The normalized spacial score (nSPS) is 12.0. The highest BCUT2D eigenvalue weighted by Gasteiger charge is 2.12. The molecule has 0 aliphatic carbocycles. The fourth-order valence-corrected chi connectivity index (χ4v) is 4.02. The zero-order valence-electron chi connectivity index (χ0n) is 15.3. The van der Waals surface area contributed by atoms with Crippen molar-refractivity contribution in [2.45, 2.75) is 0 Å². The van der Waals surface area contributed by atoms with Crippen LogP contribution in [-0.2, 0) is 0 Å². The standard InChI is InChI=1S/C21H15BrN4O3S/c22-16-6-2-1-5-15(16)17-12-30-21(25-14-4-3-9-23-11-14)26(17)24-10-13-7-8-18(27)20(29)19(13)28/h1-12,27-29H. The van der Waals surface area contributed by atoms with E-state index in [9.17, 15) is 15.3 Å². The third-order valence-corrected chi connectivity index (χ3v) is 5.69. The number of rotatable bonds is 4. The van der Waals surface area contributed by atoms with Crippen LogP contribution >= 0.6 is 27.3 Å². The number of nitrogens with zero attached hydrogens (tertiary/aromatic N) is 4. The van der Waals surface area contributed by atoms with E-state index in [1.807, 2.05) is 35.7 Å². The fraction of sp³-hybridized carbons (Fsp3) is 0. The van der Waals surface area contributed by atoms with Crippen LogP contribution in [0.4, 0.5) is 5.69 Å². The van der Waals surface area contributed by atoms with Gasteiger partial charge in [0.25, 0.3) is 0 Å². The van der Waals surface area contributed by atoms with Crippen molar-refractivity contribution in [2.75, 3.05) is 0 Å². The van der Waals surface area contributed by atoms with Crippen molar-refractivity contribution in [1.82, 2.24) is 9.66 Å². The molecule has 30 heavy (non-hydrogen) atoms. The SMILES string of the molecule is Oc1ccc(C=Nn2c(-c3ccccc3Br)csc2=Nc2cccnc2)c(O)c1O. The Morgan fingerprint density at radius 1 is 1.00 bits per heavy atom. The minimum atomic E-state index is -0.597. The molecule has 7 nitrogen and oxygen atoms in total. The Hall–Kier alpha value is -3.43. The Balaban J connectivity index is 1.88. The van der Waals surface area contributed by atoms with E-state index in [1.54, 1.807) is 23.1 Å². The number of halogens is 1. The number of thiazole rings is 1. The lowest BCUT2D eigenvalue weighted by Crippen LogP contribution is -2.11. The van der Waals surface area contributed by atoms with Crippen molar-refractivity contribution < 1.29 is 15.3 Å². The monoisotopic (exact) mass is 482 g/mol. The maximum atomic E-state index is 10.1. The predicted octanol–water partition coefficient (Wildman–Crippen LogP) is 4.61. The number of aromatic nitrogens is 2. The van der Waals surface area contributed by atoms with Gasteiger partial charge in [-0.1, -0.05) is 34.1 Å². The second-order valence-electron chi connectivity index (χ2n) is 6.13. The number of benzene rings is 2. The molecule has 3 N–H and O–H groups in total. The van der Waals surface area contributed by atoms with Crippen LogP contribution in [0.2, 0.25) is 0 Å². The lowest BCUT2D eigenvalue weighted by molar-refractivity contribution is 0.367. The molecule has 2 aromatic heterocycles. The Kier molecular flexibility index (Phi) is 5.64. The number of hydrogen-bond acceptors (Lipinski definition) is 7. The Morgan fingerprint density at radius 2 is 1.83 bits per heavy atom. The Bertz CT molecular complexity index is 1300. The molecule has 2 aromatic carbocycles. The quantitative estimate of drug-likeness (QED) is 0.292. The molecule has 0 fully saturated rings. The summed E-state index contributed by atoms with van der Waals surface area (Å²) in [5.41, 5.74) is 2.62. The van der Waals surface area contributed by atoms with Crippen LogP contribution in [0, 0.1) is 0 Å². The molecule has 0 saturated heterocycles. The van der Waals surface area contributed by atoms with Crippen LogP contribution in [0.5, 0.6) is 17.2 Å². The lowest BCUT2D eigenvalue weighted by Gasteiger charge is -2.07. The highest BCUT2D eigenvalue weighted by Crippen LogP contribution is 2.36. The molecule has 0 atom stereocenters. The minimum absolute atomic E-state index is 0.245. The van der Waals surface area contributed by atoms with E-state index >= 15 is 0 Å². The van der Waals surface area contributed by atoms with Crippen LogP contribution in [0.25, 0.3) is 11.3 Å². The van der Waals surface area contributed by atoms with Gasteiger partial charge < -0.3 is 15.3 Å². The topological polar surface area (TPSA) is 103 Å². The van der Waals surface area contributed by atoms with Crippen LogP contribution in [0.3, 0.4) is 0 Å². The van der Waals surface area contributed by atoms with Crippen molar-refractivity contribution in [2.24, 2.45) is 10.1 Å². The smallest absolute Gasteiger partial charge is 0.211 e. The molecule has 2 heterocycles. The van der Waals surface area contributed by atoms with Crippen LogP contribution in [0.1, 0.15) is 5.56 Å². The van der Waals surface area contributed by atoms with Crippen molar-refractivity contribution in [3.8, 4) is 28.5 Å². The molecule has 0 bridgehead atoms. The summed E-state index contributed by atoms with van der Waals surface area (Å²) >= 11 is 4.97. The van der Waals surface area contributed by atoms with Gasteiger partial charge in [0.2, 0.25) is 10.6 Å². The van der Waals surface area contributed by atoms with Gasteiger partial charge in [0.1, 0.15) is 0 Å². The van der Waals surface area contributed by atoms with Gasteiger partial charge in [-0.25, -0.2) is 9.67 Å². The summed E-state index contributed by atoms with van der Waals surface area (Å²) in [7, 11) is 0. The van der Waals surface area contributed by atoms with Crippen LogP contribution in [-0.4, -0.2) is 31.2 Å². The molecular formula is C21H15BrN4O3S. The van der Waals surface area contributed by atoms with Gasteiger partial charge in [-0.3, -0.25) is 4.98 Å². The Labute approximate surface area is 183 Å². The van der Waals surface area contributed by atoms with Gasteiger partial charge in [0.05, 0.1) is 23.8 Å². The van der Waals surface area contributed by atoms with E-state index in [0.29, 0.717) is 10.5 Å². The molecule has 0 radical (unpaired) electrons. The second kappa shape index (κ2) is 8.52. The first-order chi connectivity index (χ1) is 14.5. The maximum absolute atomic E-state index is 10.1. The average molecular weight is 483 g/mol. The molecule has 0 aliphatic rings. The van der Waals surface area contributed by atoms with Crippen LogP contribution in [0.15, 0.2) is 80.9 Å². The van der Waals surface area contributed by atoms with Crippen LogP contribution < -0.4 is 4.80 Å². The summed E-state index contributed by atoms with van der Waals surface area (Å²) in [6.45, 7) is 0. The molecular weight excluding hydrogens is 468 g/mol. The predicted molar refractivity (Wildman–Crippen MR) is 119 cm³/mol. The summed E-state index contributed by atoms with van der Waals surface area (Å²) in [6, 6.07) is 14.1. The average Bonchev–Trinajstić information content (AvgIpc) is 3.15. The molecule has 4 aromatic rings. The largest absolute Gasteiger partial charge is 0.504 e. The molecule has 0 spiro atoms. The van der Waals surface area contributed by atoms with E-state index in [4.69, 9.17) is 0 Å². The first-order valence-electron chi connectivity index (χ1n) is 8.73. The molecule has 150 valence electrons. The summed E-state index contributed by atoms with van der Waals surface area (Å²) < 4.78 is 2.53. The molecule has 0 amide bonds. The van der Waals surface area contributed by atoms with E-state index in [2.05, 4.69) is 31.0 Å². The van der Waals surface area contributed by atoms with Gasteiger partial charge in [-0.15, -0.1) is 11.3 Å².